The molecule has 0 aromatic rings. The van der Waals surface area contributed by atoms with Crippen molar-refractivity contribution in [1.82, 2.24) is 0 Å². The van der Waals surface area contributed by atoms with Crippen molar-refractivity contribution in [2.24, 2.45) is 0 Å². The largest absolute Gasteiger partial charge is 0.387 e. The Kier molecular flexibility index (Phi) is 1.75. The van der Waals surface area contributed by atoms with E-state index >= 15 is 0 Å². The maximum Gasteiger partial charge on any atom is 0.312 e. The Labute approximate surface area is 76.2 Å². The highest BCUT2D eigenvalue weighted by Gasteiger charge is 2.73. The molecule has 13 heavy (non-hydrogen) atoms. The van der Waals surface area contributed by atoms with E-state index in [1.807, 2.05) is 0 Å². The van der Waals surface area contributed by atoms with Crippen LogP contribution in [-0.2, 0) is 14.2 Å². The quantitative estimate of drug-likeness (QED) is 0.530. The highest BCUT2D eigenvalue weighted by atomic mass is 16.9. The average Bonchev–Trinajstić information content (AvgIpc) is 2.74. The van der Waals surface area contributed by atoms with Gasteiger partial charge >= 0.3 is 5.97 Å². The first kappa shape index (κ1) is 9.36. The van der Waals surface area contributed by atoms with Crippen LogP contribution < -0.4 is 0 Å². The van der Waals surface area contributed by atoms with E-state index in [2.05, 4.69) is 0 Å². The van der Waals surface area contributed by atoms with E-state index in [0.717, 1.165) is 0 Å². The minimum absolute atomic E-state index is 0.506. The Morgan fingerprint density at radius 1 is 1.38 bits per heavy atom. The van der Waals surface area contributed by atoms with Crippen molar-refractivity contribution >= 4 is 0 Å². The van der Waals surface area contributed by atoms with Gasteiger partial charge in [-0.3, -0.25) is 0 Å². The Hall–Kier alpha value is -0.200. The van der Waals surface area contributed by atoms with E-state index in [0.29, 0.717) is 0 Å². The number of methoxy groups -OCH3 is 1. The minimum atomic E-state index is -1.55. The number of rotatable bonds is 1. The van der Waals surface area contributed by atoms with Gasteiger partial charge in [-0.1, -0.05) is 0 Å². The first-order valence-corrected chi connectivity index (χ1v) is 4.25. The molecule has 0 spiro atoms. The molecule has 5 nitrogen and oxygen atoms in total. The van der Waals surface area contributed by atoms with Gasteiger partial charge in [-0.25, -0.2) is 0 Å². The lowest BCUT2D eigenvalue weighted by Gasteiger charge is -2.39. The van der Waals surface area contributed by atoms with Crippen molar-refractivity contribution in [3.8, 4) is 0 Å². The van der Waals surface area contributed by atoms with Crippen molar-refractivity contribution in [2.45, 2.75) is 43.7 Å². The van der Waals surface area contributed by atoms with Crippen LogP contribution in [0.1, 0.15) is 13.8 Å². The van der Waals surface area contributed by atoms with Crippen molar-refractivity contribution in [1.29, 1.82) is 0 Å². The SMILES string of the molecule is CO[C@]1(C)C2OC2(O)O[C@@H](C)[C@@H]1O. The van der Waals surface area contributed by atoms with Gasteiger partial charge in [-0.2, -0.15) is 0 Å². The zero-order chi connectivity index (χ0) is 9.85. The maximum atomic E-state index is 9.77. The molecule has 0 aliphatic carbocycles. The molecule has 0 radical (unpaired) electrons. The molecule has 0 bridgehead atoms. The van der Waals surface area contributed by atoms with Crippen molar-refractivity contribution in [3.63, 3.8) is 0 Å². The number of aliphatic hydroxyl groups excluding tert-OH is 1. The Bertz CT molecular complexity index is 229. The predicted molar refractivity (Wildman–Crippen MR) is 41.8 cm³/mol. The van der Waals surface area contributed by atoms with Gasteiger partial charge in [0.05, 0.1) is 6.10 Å². The van der Waals surface area contributed by atoms with Crippen LogP contribution in [0.2, 0.25) is 0 Å². The van der Waals surface area contributed by atoms with Gasteiger partial charge in [-0.15, -0.1) is 0 Å². The number of aliphatic hydroxyl groups is 2. The van der Waals surface area contributed by atoms with E-state index < -0.39 is 29.9 Å². The molecule has 2 fully saturated rings. The van der Waals surface area contributed by atoms with Crippen LogP contribution in [-0.4, -0.2) is 47.2 Å². The lowest BCUT2D eigenvalue weighted by molar-refractivity contribution is -0.274. The summed E-state index contributed by atoms with van der Waals surface area (Å²) in [5, 5.41) is 19.3. The Balaban J connectivity index is 2.26. The molecule has 0 saturated carbocycles. The van der Waals surface area contributed by atoms with Gasteiger partial charge in [0.2, 0.25) is 0 Å². The van der Waals surface area contributed by atoms with Gasteiger partial charge in [-0.05, 0) is 13.8 Å². The molecule has 2 rings (SSSR count). The van der Waals surface area contributed by atoms with E-state index in [1.165, 1.54) is 7.11 Å². The second-order valence-corrected chi connectivity index (χ2v) is 3.78. The summed E-state index contributed by atoms with van der Waals surface area (Å²) in [5.74, 6) is -1.55. The van der Waals surface area contributed by atoms with Crippen LogP contribution in [0, 0.1) is 0 Å². The predicted octanol–water partition coefficient (Wildman–Crippen LogP) is -0.784. The highest BCUT2D eigenvalue weighted by molar-refractivity contribution is 5.09. The zero-order valence-corrected chi connectivity index (χ0v) is 7.85. The van der Waals surface area contributed by atoms with Crippen LogP contribution >= 0.6 is 0 Å². The van der Waals surface area contributed by atoms with Gasteiger partial charge in [0.15, 0.2) is 6.10 Å². The third-order valence-electron chi connectivity index (χ3n) is 2.91. The highest BCUT2D eigenvalue weighted by Crippen LogP contribution is 2.50. The van der Waals surface area contributed by atoms with E-state index in [4.69, 9.17) is 14.2 Å². The van der Waals surface area contributed by atoms with Crippen molar-refractivity contribution in [3.05, 3.63) is 0 Å². The molecule has 76 valence electrons. The summed E-state index contributed by atoms with van der Waals surface area (Å²) in [6.07, 6.45) is -1.91. The maximum absolute atomic E-state index is 9.77. The summed E-state index contributed by atoms with van der Waals surface area (Å²) >= 11 is 0. The van der Waals surface area contributed by atoms with Crippen LogP contribution in [0.3, 0.4) is 0 Å². The number of fused-ring (bicyclic) bond motifs is 1. The molecule has 2 aliphatic heterocycles. The summed E-state index contributed by atoms with van der Waals surface area (Å²) in [6, 6.07) is 0. The van der Waals surface area contributed by atoms with E-state index in [1.54, 1.807) is 13.8 Å². The van der Waals surface area contributed by atoms with Crippen molar-refractivity contribution < 1.29 is 24.4 Å². The fourth-order valence-corrected chi connectivity index (χ4v) is 1.88. The lowest BCUT2D eigenvalue weighted by atomic mass is 9.88. The monoisotopic (exact) mass is 190 g/mol. The molecule has 2 unspecified atom stereocenters. The molecule has 0 aromatic carbocycles. The molecule has 2 aliphatic rings. The average molecular weight is 190 g/mol. The Morgan fingerprint density at radius 3 is 2.54 bits per heavy atom. The van der Waals surface area contributed by atoms with Crippen LogP contribution in [0.4, 0.5) is 0 Å². The molecular weight excluding hydrogens is 176 g/mol. The summed E-state index contributed by atoms with van der Waals surface area (Å²) in [5.41, 5.74) is -0.896. The standard InChI is InChI=1S/C8H14O5/c1-4-5(9)7(2,11-3)6-8(10,12-4)13-6/h4-6,9-10H,1-3H3/t4-,5-,6?,7-,8?/m0/s1. The summed E-state index contributed by atoms with van der Waals surface area (Å²) in [4.78, 5) is 0. The van der Waals surface area contributed by atoms with Gasteiger partial charge in [0.25, 0.3) is 0 Å². The first-order chi connectivity index (χ1) is 5.94. The third-order valence-corrected chi connectivity index (χ3v) is 2.91. The summed E-state index contributed by atoms with van der Waals surface area (Å²) in [6.45, 7) is 3.36. The van der Waals surface area contributed by atoms with Gasteiger partial charge < -0.3 is 24.4 Å². The van der Waals surface area contributed by atoms with Crippen LogP contribution in [0.25, 0.3) is 0 Å². The molecule has 2 saturated heterocycles. The van der Waals surface area contributed by atoms with Gasteiger partial charge in [0.1, 0.15) is 11.7 Å². The van der Waals surface area contributed by atoms with Crippen LogP contribution in [0.15, 0.2) is 0 Å². The second kappa shape index (κ2) is 2.43. The second-order valence-electron chi connectivity index (χ2n) is 3.78. The van der Waals surface area contributed by atoms with E-state index in [-0.39, 0.29) is 0 Å². The fourth-order valence-electron chi connectivity index (χ4n) is 1.88. The van der Waals surface area contributed by atoms with Gasteiger partial charge in [0, 0.05) is 7.11 Å². The van der Waals surface area contributed by atoms with E-state index in [9.17, 15) is 10.2 Å². The summed E-state index contributed by atoms with van der Waals surface area (Å²) < 4.78 is 15.2. The molecule has 5 heteroatoms. The normalized spacial score (nSPS) is 60.2. The topological polar surface area (TPSA) is 71.5 Å². The number of hydrogen-bond donors (Lipinski definition) is 2. The third kappa shape index (κ3) is 1.05. The number of hydrogen-bond acceptors (Lipinski definition) is 5. The molecule has 0 aromatic heterocycles. The number of epoxide rings is 1. The van der Waals surface area contributed by atoms with Crippen molar-refractivity contribution in [2.75, 3.05) is 7.11 Å². The Morgan fingerprint density at radius 2 is 2.00 bits per heavy atom. The molecular formula is C8H14O5. The molecule has 0 amide bonds. The summed E-state index contributed by atoms with van der Waals surface area (Å²) in [7, 11) is 1.48. The molecule has 2 N–H and O–H groups in total. The number of ether oxygens (including phenoxy) is 3. The van der Waals surface area contributed by atoms with Crippen LogP contribution in [0.5, 0.6) is 0 Å². The molecule has 5 atom stereocenters. The minimum Gasteiger partial charge on any atom is -0.387 e. The fraction of sp³-hybridized carbons (Fsp3) is 1.00. The lowest BCUT2D eigenvalue weighted by Crippen LogP contribution is -2.59. The first-order valence-electron chi connectivity index (χ1n) is 4.25. The smallest absolute Gasteiger partial charge is 0.312 e. The molecule has 2 heterocycles. The zero-order valence-electron chi connectivity index (χ0n) is 7.85.